The first-order chi connectivity index (χ1) is 17.2. The van der Waals surface area contributed by atoms with Gasteiger partial charge in [0, 0.05) is 18.2 Å². The number of carbonyl (C=O) groups excluding carboxylic acids is 1. The van der Waals surface area contributed by atoms with Crippen LogP contribution in [-0.4, -0.2) is 48.8 Å². The summed E-state index contributed by atoms with van der Waals surface area (Å²) < 4.78 is 40.0. The molecular weight excluding hydrogens is 472 g/mol. The summed E-state index contributed by atoms with van der Waals surface area (Å²) in [5.41, 5.74) is 0.987. The van der Waals surface area contributed by atoms with Crippen LogP contribution >= 0.6 is 0 Å². The molecule has 0 saturated heterocycles. The Hall–Kier alpha value is -3.86. The molecule has 0 spiro atoms. The molecule has 1 fully saturated rings. The minimum absolute atomic E-state index is 0.0220. The number of ketones is 1. The lowest BCUT2D eigenvalue weighted by Crippen LogP contribution is -2.28. The number of hydrogen-bond acceptors (Lipinski definition) is 7. The van der Waals surface area contributed by atoms with E-state index in [1.54, 1.807) is 41.9 Å². The van der Waals surface area contributed by atoms with Crippen molar-refractivity contribution in [2.45, 2.75) is 44.9 Å². The van der Waals surface area contributed by atoms with E-state index in [1.807, 2.05) is 0 Å². The van der Waals surface area contributed by atoms with E-state index >= 15 is 0 Å². The van der Waals surface area contributed by atoms with Crippen molar-refractivity contribution < 1.29 is 28.2 Å². The Morgan fingerprint density at radius 1 is 1.28 bits per heavy atom. The van der Waals surface area contributed by atoms with Crippen molar-refractivity contribution in [2.75, 3.05) is 7.11 Å². The molecule has 3 aromatic heterocycles. The van der Waals surface area contributed by atoms with Crippen LogP contribution in [0.4, 0.5) is 8.78 Å². The van der Waals surface area contributed by atoms with Crippen LogP contribution < -0.4 is 9.47 Å². The Balaban J connectivity index is 1.53. The fraction of sp³-hybridized carbons (Fsp3) is 0.360. The number of aliphatic hydroxyl groups is 1. The summed E-state index contributed by atoms with van der Waals surface area (Å²) in [6.07, 6.45) is 8.39. The third kappa shape index (κ3) is 4.78. The number of methoxy groups -OCH3 is 1. The van der Waals surface area contributed by atoms with Gasteiger partial charge in [0.1, 0.15) is 41.0 Å². The van der Waals surface area contributed by atoms with Crippen LogP contribution in [0.2, 0.25) is 0 Å². The fourth-order valence-electron chi connectivity index (χ4n) is 4.30. The van der Waals surface area contributed by atoms with E-state index in [0.29, 0.717) is 22.5 Å². The van der Waals surface area contributed by atoms with Crippen molar-refractivity contribution in [3.8, 4) is 22.8 Å². The summed E-state index contributed by atoms with van der Waals surface area (Å²) in [7, 11) is 1.39. The Kier molecular flexibility index (Phi) is 6.17. The van der Waals surface area contributed by atoms with Gasteiger partial charge >= 0.3 is 6.61 Å². The number of fused-ring (bicyclic) bond motifs is 1. The maximum atomic E-state index is 13.3. The lowest BCUT2D eigenvalue weighted by molar-refractivity contribution is -0.0502. The average molecular weight is 498 g/mol. The number of ether oxygens (including phenoxy) is 2. The number of carbonyl (C=O) groups is 1. The lowest BCUT2D eigenvalue weighted by atomic mass is 9.97. The Morgan fingerprint density at radius 3 is 2.72 bits per heavy atom. The van der Waals surface area contributed by atoms with E-state index < -0.39 is 12.2 Å². The number of nitrogens with zero attached hydrogens (tertiary/aromatic N) is 5. The molecule has 3 heterocycles. The fourth-order valence-corrected chi connectivity index (χ4v) is 4.30. The van der Waals surface area contributed by atoms with Gasteiger partial charge in [0.15, 0.2) is 5.78 Å². The van der Waals surface area contributed by atoms with Crippen LogP contribution in [-0.2, 0) is 12.1 Å². The standard InChI is InChI=1S/C25H25F2N5O4/c1-25(34,12-31-14-28-13-30-31)17-5-6-32-18(11-29-22(32)10-17)16-8-20(35-2)23(19(33)7-15-3-4-15)21(9-16)36-24(26)27/h5-6,8-11,13-15,24,34H,3-4,7,12H2,1-2H3. The molecule has 1 aliphatic rings. The molecule has 0 radical (unpaired) electrons. The zero-order valence-electron chi connectivity index (χ0n) is 19.8. The Bertz CT molecular complexity index is 1400. The highest BCUT2D eigenvalue weighted by Gasteiger charge is 2.30. The molecule has 1 N–H and O–H groups in total. The van der Waals surface area contributed by atoms with Gasteiger partial charge in [0.25, 0.3) is 0 Å². The minimum atomic E-state index is -3.10. The molecule has 36 heavy (non-hydrogen) atoms. The molecule has 1 atom stereocenters. The Morgan fingerprint density at radius 2 is 2.06 bits per heavy atom. The van der Waals surface area contributed by atoms with Crippen LogP contribution in [0.5, 0.6) is 11.5 Å². The van der Waals surface area contributed by atoms with Crippen molar-refractivity contribution in [2.24, 2.45) is 5.92 Å². The molecule has 11 heteroatoms. The summed E-state index contributed by atoms with van der Waals surface area (Å²) in [6, 6.07) is 6.52. The van der Waals surface area contributed by atoms with Crippen molar-refractivity contribution in [3.63, 3.8) is 0 Å². The monoisotopic (exact) mass is 497 g/mol. The predicted molar refractivity (Wildman–Crippen MR) is 125 cm³/mol. The van der Waals surface area contributed by atoms with Crippen LogP contribution in [0, 0.1) is 5.92 Å². The zero-order chi connectivity index (χ0) is 25.4. The minimum Gasteiger partial charge on any atom is -0.496 e. The van der Waals surface area contributed by atoms with Crippen molar-refractivity contribution in [1.82, 2.24) is 24.1 Å². The van der Waals surface area contributed by atoms with Crippen LogP contribution in [0.25, 0.3) is 16.9 Å². The third-order valence-electron chi connectivity index (χ3n) is 6.32. The first kappa shape index (κ1) is 23.9. The highest BCUT2D eigenvalue weighted by Crippen LogP contribution is 2.40. The summed E-state index contributed by atoms with van der Waals surface area (Å²) in [4.78, 5) is 21.2. The van der Waals surface area contributed by atoms with E-state index in [1.165, 1.54) is 30.5 Å². The van der Waals surface area contributed by atoms with Crippen molar-refractivity contribution in [1.29, 1.82) is 0 Å². The molecule has 9 nitrogen and oxygen atoms in total. The second-order valence-electron chi connectivity index (χ2n) is 9.15. The molecule has 188 valence electrons. The number of pyridine rings is 1. The van der Waals surface area contributed by atoms with Crippen LogP contribution in [0.3, 0.4) is 0 Å². The molecule has 1 aromatic carbocycles. The van der Waals surface area contributed by atoms with Gasteiger partial charge in [-0.05, 0) is 55.5 Å². The van der Waals surface area contributed by atoms with Gasteiger partial charge in [0.05, 0.1) is 25.5 Å². The second kappa shape index (κ2) is 9.30. The van der Waals surface area contributed by atoms with Gasteiger partial charge in [-0.1, -0.05) is 0 Å². The highest BCUT2D eigenvalue weighted by molar-refractivity contribution is 6.02. The van der Waals surface area contributed by atoms with E-state index in [-0.39, 0.29) is 41.7 Å². The molecule has 1 saturated carbocycles. The molecule has 0 aliphatic heterocycles. The third-order valence-corrected chi connectivity index (χ3v) is 6.32. The molecule has 1 aliphatic carbocycles. The second-order valence-corrected chi connectivity index (χ2v) is 9.15. The maximum absolute atomic E-state index is 13.3. The predicted octanol–water partition coefficient (Wildman–Crippen LogP) is 4.09. The van der Waals surface area contributed by atoms with Crippen molar-refractivity contribution in [3.05, 3.63) is 60.4 Å². The summed E-state index contributed by atoms with van der Waals surface area (Å²) in [5.74, 6) is -0.0755. The maximum Gasteiger partial charge on any atom is 0.387 e. The van der Waals surface area contributed by atoms with Gasteiger partial charge in [-0.2, -0.15) is 13.9 Å². The van der Waals surface area contributed by atoms with Gasteiger partial charge < -0.3 is 14.6 Å². The molecular formula is C25H25F2N5O4. The van der Waals surface area contributed by atoms with E-state index in [4.69, 9.17) is 9.47 Å². The number of aromatic nitrogens is 5. The van der Waals surface area contributed by atoms with Crippen LogP contribution in [0.1, 0.15) is 42.1 Å². The summed E-state index contributed by atoms with van der Waals surface area (Å²) >= 11 is 0. The normalized spacial score (nSPS) is 15.3. The number of rotatable bonds is 10. The summed E-state index contributed by atoms with van der Waals surface area (Å²) in [5, 5.41) is 15.1. The molecule has 0 amide bonds. The SMILES string of the molecule is COc1cc(-c2cnc3cc(C(C)(O)Cn4cncn4)ccn23)cc(OC(F)F)c1C(=O)CC1CC1. The van der Waals surface area contributed by atoms with Crippen LogP contribution in [0.15, 0.2) is 49.3 Å². The van der Waals surface area contributed by atoms with E-state index in [0.717, 1.165) is 12.8 Å². The van der Waals surface area contributed by atoms with E-state index in [9.17, 15) is 18.7 Å². The number of halogens is 2. The molecule has 4 aromatic rings. The number of benzene rings is 1. The molecule has 0 bridgehead atoms. The smallest absolute Gasteiger partial charge is 0.387 e. The quantitative estimate of drug-likeness (QED) is 0.329. The average Bonchev–Trinajstić information content (AvgIpc) is 3.31. The zero-order valence-corrected chi connectivity index (χ0v) is 19.8. The number of alkyl halides is 2. The van der Waals surface area contributed by atoms with Gasteiger partial charge in [-0.15, -0.1) is 0 Å². The summed E-state index contributed by atoms with van der Waals surface area (Å²) in [6.45, 7) is -1.24. The van der Waals surface area contributed by atoms with Gasteiger partial charge in [-0.25, -0.2) is 14.6 Å². The lowest BCUT2D eigenvalue weighted by Gasteiger charge is -2.23. The first-order valence-corrected chi connectivity index (χ1v) is 11.5. The Labute approximate surface area is 205 Å². The molecule has 1 unspecified atom stereocenters. The number of imidazole rings is 1. The molecule has 5 rings (SSSR count). The van der Waals surface area contributed by atoms with E-state index in [2.05, 4.69) is 15.1 Å². The van der Waals surface area contributed by atoms with Crippen molar-refractivity contribution >= 4 is 11.4 Å². The number of Topliss-reactive ketones (excluding diaryl/α,β-unsaturated/α-hetero) is 1. The largest absolute Gasteiger partial charge is 0.496 e. The first-order valence-electron chi connectivity index (χ1n) is 11.5. The number of hydrogen-bond donors (Lipinski definition) is 1. The topological polar surface area (TPSA) is 104 Å². The van der Waals surface area contributed by atoms with Gasteiger partial charge in [0.2, 0.25) is 0 Å². The highest BCUT2D eigenvalue weighted by atomic mass is 19.3. The van der Waals surface area contributed by atoms with Gasteiger partial charge in [-0.3, -0.25) is 9.20 Å².